The van der Waals surface area contributed by atoms with Crippen molar-refractivity contribution in [1.29, 1.82) is 0 Å². The van der Waals surface area contributed by atoms with Crippen LogP contribution in [-0.2, 0) is 9.59 Å². The van der Waals surface area contributed by atoms with Crippen molar-refractivity contribution in [2.45, 2.75) is 26.8 Å². The molecule has 0 radical (unpaired) electrons. The number of ether oxygens (including phenoxy) is 1. The highest BCUT2D eigenvalue weighted by Crippen LogP contribution is 2.42. The molecular weight excluding hydrogens is 404 g/mol. The molecule has 2 heterocycles. The van der Waals surface area contributed by atoms with Crippen LogP contribution in [0.1, 0.15) is 33.9 Å². The number of pyridine rings is 1. The van der Waals surface area contributed by atoms with Gasteiger partial charge < -0.3 is 9.84 Å². The minimum atomic E-state index is -0.776. The molecule has 6 nitrogen and oxygen atoms in total. The van der Waals surface area contributed by atoms with Crippen LogP contribution in [0.5, 0.6) is 5.75 Å². The molecule has 162 valence electrons. The molecule has 1 aliphatic rings. The van der Waals surface area contributed by atoms with Gasteiger partial charge in [0.25, 0.3) is 11.7 Å². The van der Waals surface area contributed by atoms with E-state index in [4.69, 9.17) is 4.74 Å². The Morgan fingerprint density at radius 3 is 2.22 bits per heavy atom. The Kier molecular flexibility index (Phi) is 5.53. The molecule has 0 spiro atoms. The maximum absolute atomic E-state index is 13.2. The summed E-state index contributed by atoms with van der Waals surface area (Å²) in [5.41, 5.74) is 4.54. The second kappa shape index (κ2) is 8.30. The smallest absolute Gasteiger partial charge is 0.300 e. The van der Waals surface area contributed by atoms with Gasteiger partial charge in [-0.3, -0.25) is 19.5 Å². The molecule has 1 fully saturated rings. The number of benzene rings is 2. The van der Waals surface area contributed by atoms with Gasteiger partial charge in [-0.15, -0.1) is 0 Å². The molecule has 4 rings (SSSR count). The third kappa shape index (κ3) is 3.64. The van der Waals surface area contributed by atoms with Gasteiger partial charge in [0.15, 0.2) is 0 Å². The Morgan fingerprint density at radius 2 is 1.62 bits per heavy atom. The van der Waals surface area contributed by atoms with Crippen molar-refractivity contribution in [1.82, 2.24) is 4.98 Å². The van der Waals surface area contributed by atoms with Crippen molar-refractivity contribution < 1.29 is 19.4 Å². The number of aryl methyl sites for hydroxylation is 3. The molecule has 0 saturated carbocycles. The number of Topliss-reactive ketones (excluding diaryl/α,β-unsaturated/α-hetero) is 1. The number of rotatable bonds is 4. The normalized spacial score (nSPS) is 17.6. The fourth-order valence-corrected chi connectivity index (χ4v) is 4.23. The number of aliphatic hydroxyl groups is 1. The summed E-state index contributed by atoms with van der Waals surface area (Å²) < 4.78 is 5.30. The Balaban J connectivity index is 1.95. The first-order valence-corrected chi connectivity index (χ1v) is 10.3. The molecule has 0 bridgehead atoms. The Hall–Kier alpha value is -3.93. The second-order valence-corrected chi connectivity index (χ2v) is 7.98. The van der Waals surface area contributed by atoms with E-state index >= 15 is 0 Å². The van der Waals surface area contributed by atoms with Crippen LogP contribution < -0.4 is 9.64 Å². The summed E-state index contributed by atoms with van der Waals surface area (Å²) in [6.07, 6.45) is 3.21. The molecule has 1 saturated heterocycles. The average molecular weight is 428 g/mol. The summed E-state index contributed by atoms with van der Waals surface area (Å²) >= 11 is 0. The summed E-state index contributed by atoms with van der Waals surface area (Å²) in [5.74, 6) is -0.953. The van der Waals surface area contributed by atoms with Crippen molar-refractivity contribution in [2.24, 2.45) is 0 Å². The van der Waals surface area contributed by atoms with E-state index < -0.39 is 17.7 Å². The quantitative estimate of drug-likeness (QED) is 0.372. The lowest BCUT2D eigenvalue weighted by molar-refractivity contribution is -0.132. The molecule has 1 aliphatic heterocycles. The molecule has 32 heavy (non-hydrogen) atoms. The maximum Gasteiger partial charge on any atom is 0.300 e. The number of aromatic nitrogens is 1. The molecule has 2 aromatic carbocycles. The predicted molar refractivity (Wildman–Crippen MR) is 123 cm³/mol. The molecule has 0 aliphatic carbocycles. The summed E-state index contributed by atoms with van der Waals surface area (Å²) in [7, 11) is 1.57. The van der Waals surface area contributed by atoms with Crippen LogP contribution in [0.15, 0.2) is 66.5 Å². The van der Waals surface area contributed by atoms with Gasteiger partial charge >= 0.3 is 0 Å². The zero-order chi connectivity index (χ0) is 23.0. The number of hydrogen-bond donors (Lipinski definition) is 1. The summed E-state index contributed by atoms with van der Waals surface area (Å²) in [4.78, 5) is 32.0. The Morgan fingerprint density at radius 1 is 0.969 bits per heavy atom. The number of aliphatic hydroxyl groups excluding tert-OH is 1. The van der Waals surface area contributed by atoms with Crippen LogP contribution >= 0.6 is 0 Å². The molecular formula is C26H24N2O4. The van der Waals surface area contributed by atoms with E-state index in [1.165, 1.54) is 4.90 Å². The van der Waals surface area contributed by atoms with Gasteiger partial charge in [0.1, 0.15) is 11.5 Å². The van der Waals surface area contributed by atoms with Crippen LogP contribution in [-0.4, -0.2) is 28.9 Å². The van der Waals surface area contributed by atoms with Gasteiger partial charge in [0, 0.05) is 23.6 Å². The van der Waals surface area contributed by atoms with E-state index in [9.17, 15) is 14.7 Å². The molecule has 1 aromatic heterocycles. The standard InChI is InChI=1S/C26H24N2O4/c1-15-11-16(2)13-20(12-15)28-23(18-7-9-27-10-8-18)22(25(30)26(28)31)24(29)19-5-6-21(32-4)17(3)14-19/h5-14,23,29H,1-4H3/b24-22-. The lowest BCUT2D eigenvalue weighted by Gasteiger charge is -2.26. The molecule has 6 heteroatoms. The van der Waals surface area contributed by atoms with Crippen molar-refractivity contribution >= 4 is 23.1 Å². The first kappa shape index (κ1) is 21.3. The monoisotopic (exact) mass is 428 g/mol. The van der Waals surface area contributed by atoms with Gasteiger partial charge in [-0.05, 0) is 85.5 Å². The van der Waals surface area contributed by atoms with Crippen LogP contribution in [0.4, 0.5) is 5.69 Å². The average Bonchev–Trinajstić information content (AvgIpc) is 3.04. The van der Waals surface area contributed by atoms with E-state index in [-0.39, 0.29) is 11.3 Å². The maximum atomic E-state index is 13.2. The Labute approximate surface area is 186 Å². The minimum absolute atomic E-state index is 0.0462. The highest BCUT2D eigenvalue weighted by atomic mass is 16.5. The number of hydrogen-bond acceptors (Lipinski definition) is 5. The van der Waals surface area contributed by atoms with Gasteiger partial charge in [-0.25, -0.2) is 0 Å². The lowest BCUT2D eigenvalue weighted by atomic mass is 9.95. The van der Waals surface area contributed by atoms with E-state index in [0.717, 1.165) is 16.7 Å². The highest BCUT2D eigenvalue weighted by molar-refractivity contribution is 6.51. The predicted octanol–water partition coefficient (Wildman–Crippen LogP) is 4.64. The number of nitrogens with zero attached hydrogens (tertiary/aromatic N) is 2. The van der Waals surface area contributed by atoms with Crippen molar-refractivity contribution in [3.63, 3.8) is 0 Å². The van der Waals surface area contributed by atoms with Crippen molar-refractivity contribution in [2.75, 3.05) is 12.0 Å². The zero-order valence-corrected chi connectivity index (χ0v) is 18.4. The molecule has 3 aromatic rings. The van der Waals surface area contributed by atoms with Crippen LogP contribution in [0.2, 0.25) is 0 Å². The van der Waals surface area contributed by atoms with Crippen LogP contribution in [0.3, 0.4) is 0 Å². The van der Waals surface area contributed by atoms with Gasteiger partial charge in [0.05, 0.1) is 18.7 Å². The van der Waals surface area contributed by atoms with Crippen molar-refractivity contribution in [3.05, 3.63) is 94.3 Å². The van der Waals surface area contributed by atoms with Gasteiger partial charge in [0.2, 0.25) is 0 Å². The zero-order valence-electron chi connectivity index (χ0n) is 18.4. The van der Waals surface area contributed by atoms with Gasteiger partial charge in [-0.1, -0.05) is 6.07 Å². The topological polar surface area (TPSA) is 79.7 Å². The second-order valence-electron chi connectivity index (χ2n) is 7.98. The number of amides is 1. The third-order valence-electron chi connectivity index (χ3n) is 5.62. The number of carbonyl (C=O) groups excluding carboxylic acids is 2. The molecule has 1 N–H and O–H groups in total. The van der Waals surface area contributed by atoms with Crippen molar-refractivity contribution in [3.8, 4) is 5.75 Å². The number of methoxy groups -OCH3 is 1. The summed E-state index contributed by atoms with van der Waals surface area (Å²) in [6, 6.07) is 13.6. The summed E-state index contributed by atoms with van der Waals surface area (Å²) in [5, 5.41) is 11.2. The highest BCUT2D eigenvalue weighted by Gasteiger charge is 2.47. The number of anilines is 1. The summed E-state index contributed by atoms with van der Waals surface area (Å²) in [6.45, 7) is 5.73. The first-order valence-electron chi connectivity index (χ1n) is 10.3. The SMILES string of the molecule is COc1ccc(/C(O)=C2/C(=O)C(=O)N(c3cc(C)cc(C)c3)C2c2ccncc2)cc1C. The minimum Gasteiger partial charge on any atom is -0.507 e. The lowest BCUT2D eigenvalue weighted by Crippen LogP contribution is -2.29. The number of carbonyl (C=O) groups is 2. The van der Waals surface area contributed by atoms with E-state index in [1.807, 2.05) is 39.0 Å². The fourth-order valence-electron chi connectivity index (χ4n) is 4.23. The first-order chi connectivity index (χ1) is 15.3. The van der Waals surface area contributed by atoms with Crippen LogP contribution in [0.25, 0.3) is 5.76 Å². The largest absolute Gasteiger partial charge is 0.507 e. The van der Waals surface area contributed by atoms with E-state index in [0.29, 0.717) is 22.6 Å². The molecule has 1 amide bonds. The van der Waals surface area contributed by atoms with E-state index in [2.05, 4.69) is 4.98 Å². The van der Waals surface area contributed by atoms with Gasteiger partial charge in [-0.2, -0.15) is 0 Å². The fraction of sp³-hybridized carbons (Fsp3) is 0.192. The van der Waals surface area contributed by atoms with E-state index in [1.54, 1.807) is 49.8 Å². The molecule has 1 unspecified atom stereocenters. The molecule has 1 atom stereocenters. The number of ketones is 1. The van der Waals surface area contributed by atoms with Crippen LogP contribution in [0, 0.1) is 20.8 Å². The third-order valence-corrected chi connectivity index (χ3v) is 5.62. The Bertz CT molecular complexity index is 1230.